The molecule has 2 N–H and O–H groups in total. The second-order valence-electron chi connectivity index (χ2n) is 3.92. The average molecular weight is 274 g/mol. The third-order valence-electron chi connectivity index (χ3n) is 2.69. The van der Waals surface area contributed by atoms with Gasteiger partial charge >= 0.3 is 0 Å². The Labute approximate surface area is 112 Å². The van der Waals surface area contributed by atoms with Crippen molar-refractivity contribution in [2.75, 3.05) is 5.73 Å². The number of nitrogens with two attached hydrogens (primary N) is 1. The van der Waals surface area contributed by atoms with Gasteiger partial charge in [0.15, 0.2) is 10.9 Å². The SMILES string of the molecule is Nc1nc(CC(=O)c2cccc3ccsc23)cs1. The largest absolute Gasteiger partial charge is 0.375 e. The number of anilines is 1. The molecule has 0 saturated carbocycles. The van der Waals surface area contributed by atoms with Crippen molar-refractivity contribution in [2.24, 2.45) is 0 Å². The van der Waals surface area contributed by atoms with Crippen LogP contribution in [0.1, 0.15) is 16.1 Å². The molecule has 0 fully saturated rings. The minimum atomic E-state index is 0.0911. The van der Waals surface area contributed by atoms with Crippen molar-refractivity contribution >= 4 is 43.7 Å². The molecular formula is C13H10N2OS2. The molecule has 2 heterocycles. The van der Waals surface area contributed by atoms with Crippen molar-refractivity contribution in [3.05, 3.63) is 46.3 Å². The molecule has 0 atom stereocenters. The normalized spacial score (nSPS) is 10.9. The topological polar surface area (TPSA) is 56.0 Å². The summed E-state index contributed by atoms with van der Waals surface area (Å²) in [4.78, 5) is 16.4. The van der Waals surface area contributed by atoms with Crippen molar-refractivity contribution < 1.29 is 4.79 Å². The van der Waals surface area contributed by atoms with Gasteiger partial charge in [0, 0.05) is 15.6 Å². The predicted octanol–water partition coefficient (Wildman–Crippen LogP) is 3.37. The van der Waals surface area contributed by atoms with Crippen LogP contribution in [0.4, 0.5) is 5.13 Å². The number of carbonyl (C=O) groups is 1. The quantitative estimate of drug-likeness (QED) is 0.745. The summed E-state index contributed by atoms with van der Waals surface area (Å²) in [5.41, 5.74) is 7.08. The number of benzene rings is 1. The lowest BCUT2D eigenvalue weighted by atomic mass is 10.1. The van der Waals surface area contributed by atoms with E-state index in [-0.39, 0.29) is 5.78 Å². The van der Waals surface area contributed by atoms with E-state index in [1.807, 2.05) is 35.0 Å². The molecule has 0 aliphatic heterocycles. The lowest BCUT2D eigenvalue weighted by molar-refractivity contribution is 0.0994. The summed E-state index contributed by atoms with van der Waals surface area (Å²) in [6.07, 6.45) is 0.310. The third-order valence-corrected chi connectivity index (χ3v) is 4.38. The smallest absolute Gasteiger partial charge is 0.180 e. The van der Waals surface area contributed by atoms with Gasteiger partial charge in [-0.1, -0.05) is 12.1 Å². The zero-order chi connectivity index (χ0) is 12.5. The molecule has 3 nitrogen and oxygen atoms in total. The van der Waals surface area contributed by atoms with Gasteiger partial charge < -0.3 is 5.73 Å². The second-order valence-corrected chi connectivity index (χ2v) is 5.73. The fourth-order valence-electron chi connectivity index (χ4n) is 1.88. The van der Waals surface area contributed by atoms with Gasteiger partial charge in [-0.2, -0.15) is 0 Å². The molecule has 90 valence electrons. The number of thiazole rings is 1. The van der Waals surface area contributed by atoms with Crippen LogP contribution in [0.15, 0.2) is 35.0 Å². The second kappa shape index (κ2) is 4.51. The van der Waals surface area contributed by atoms with Crippen LogP contribution in [0, 0.1) is 0 Å². The van der Waals surface area contributed by atoms with E-state index in [2.05, 4.69) is 4.98 Å². The van der Waals surface area contributed by atoms with Crippen molar-refractivity contribution in [1.29, 1.82) is 0 Å². The monoisotopic (exact) mass is 274 g/mol. The standard InChI is InChI=1S/C13H10N2OS2/c14-13-15-9(7-18-13)6-11(16)10-3-1-2-8-4-5-17-12(8)10/h1-5,7H,6H2,(H2,14,15). The van der Waals surface area contributed by atoms with Crippen LogP contribution in [-0.4, -0.2) is 10.8 Å². The van der Waals surface area contributed by atoms with Crippen LogP contribution < -0.4 is 5.73 Å². The summed E-state index contributed by atoms with van der Waals surface area (Å²) < 4.78 is 1.05. The summed E-state index contributed by atoms with van der Waals surface area (Å²) in [5.74, 6) is 0.0911. The highest BCUT2D eigenvalue weighted by Crippen LogP contribution is 2.26. The first kappa shape index (κ1) is 11.4. The number of carbonyl (C=O) groups excluding carboxylic acids is 1. The molecule has 5 heteroatoms. The number of rotatable bonds is 3. The first-order valence-corrected chi connectivity index (χ1v) is 7.19. The lowest BCUT2D eigenvalue weighted by Gasteiger charge is -2.00. The number of Topliss-reactive ketones (excluding diaryl/α,β-unsaturated/α-hetero) is 1. The van der Waals surface area contributed by atoms with Gasteiger partial charge in [-0.25, -0.2) is 4.98 Å². The number of hydrogen-bond acceptors (Lipinski definition) is 5. The molecule has 0 saturated heterocycles. The highest BCUT2D eigenvalue weighted by atomic mass is 32.1. The maximum Gasteiger partial charge on any atom is 0.180 e. The van der Waals surface area contributed by atoms with E-state index in [1.165, 1.54) is 11.3 Å². The fraction of sp³-hybridized carbons (Fsp3) is 0.0769. The third kappa shape index (κ3) is 2.02. The zero-order valence-corrected chi connectivity index (χ0v) is 11.1. The van der Waals surface area contributed by atoms with Crippen LogP contribution in [0.25, 0.3) is 10.1 Å². The lowest BCUT2D eigenvalue weighted by Crippen LogP contribution is -2.04. The highest BCUT2D eigenvalue weighted by molar-refractivity contribution is 7.17. The van der Waals surface area contributed by atoms with E-state index < -0.39 is 0 Å². The molecule has 0 aliphatic carbocycles. The van der Waals surface area contributed by atoms with Gasteiger partial charge in [-0.05, 0) is 22.9 Å². The van der Waals surface area contributed by atoms with Crippen LogP contribution in [0.3, 0.4) is 0 Å². The molecule has 0 aliphatic rings. The molecule has 0 spiro atoms. The number of hydrogen-bond donors (Lipinski definition) is 1. The Bertz CT molecular complexity index is 714. The molecule has 18 heavy (non-hydrogen) atoms. The average Bonchev–Trinajstić information content (AvgIpc) is 2.97. The van der Waals surface area contributed by atoms with Crippen LogP contribution in [0.5, 0.6) is 0 Å². The Kier molecular flexibility index (Phi) is 2.85. The maximum atomic E-state index is 12.3. The number of fused-ring (bicyclic) bond motifs is 1. The molecule has 0 amide bonds. The predicted molar refractivity (Wildman–Crippen MR) is 76.4 cm³/mol. The summed E-state index contributed by atoms with van der Waals surface area (Å²) in [6.45, 7) is 0. The van der Waals surface area contributed by atoms with Gasteiger partial charge in [-0.3, -0.25) is 4.79 Å². The number of aromatic nitrogens is 1. The summed E-state index contributed by atoms with van der Waals surface area (Å²) >= 11 is 2.96. The molecule has 3 rings (SSSR count). The first-order valence-electron chi connectivity index (χ1n) is 5.43. The molecule has 0 radical (unpaired) electrons. The summed E-state index contributed by atoms with van der Waals surface area (Å²) in [5, 5.41) is 5.46. The highest BCUT2D eigenvalue weighted by Gasteiger charge is 2.13. The van der Waals surface area contributed by atoms with E-state index in [9.17, 15) is 4.79 Å². The van der Waals surface area contributed by atoms with Gasteiger partial charge in [0.05, 0.1) is 12.1 Å². The first-order chi connectivity index (χ1) is 8.74. The molecular weight excluding hydrogens is 264 g/mol. The van der Waals surface area contributed by atoms with Crippen LogP contribution in [-0.2, 0) is 6.42 Å². The minimum absolute atomic E-state index is 0.0911. The Morgan fingerprint density at radius 1 is 1.28 bits per heavy atom. The molecule has 2 aromatic heterocycles. The Morgan fingerprint density at radius 2 is 2.17 bits per heavy atom. The summed E-state index contributed by atoms with van der Waals surface area (Å²) in [6, 6.07) is 7.83. The Morgan fingerprint density at radius 3 is 2.94 bits per heavy atom. The zero-order valence-electron chi connectivity index (χ0n) is 9.42. The number of nitrogen functional groups attached to an aromatic ring is 1. The number of thiophene rings is 1. The van der Waals surface area contributed by atoms with E-state index in [0.29, 0.717) is 11.6 Å². The van der Waals surface area contributed by atoms with E-state index in [1.54, 1.807) is 11.3 Å². The Balaban J connectivity index is 1.94. The molecule has 0 bridgehead atoms. The fourth-order valence-corrected chi connectivity index (χ4v) is 3.37. The maximum absolute atomic E-state index is 12.3. The number of ketones is 1. The molecule has 3 aromatic rings. The Hall–Kier alpha value is -1.72. The summed E-state index contributed by atoms with van der Waals surface area (Å²) in [7, 11) is 0. The van der Waals surface area contributed by atoms with Crippen molar-refractivity contribution in [3.63, 3.8) is 0 Å². The van der Waals surface area contributed by atoms with Gasteiger partial charge in [0.2, 0.25) is 0 Å². The van der Waals surface area contributed by atoms with Gasteiger partial charge in [0.1, 0.15) is 0 Å². The minimum Gasteiger partial charge on any atom is -0.375 e. The van der Waals surface area contributed by atoms with Gasteiger partial charge in [-0.15, -0.1) is 22.7 Å². The molecule has 0 unspecified atom stereocenters. The van der Waals surface area contributed by atoms with Crippen molar-refractivity contribution in [1.82, 2.24) is 4.98 Å². The van der Waals surface area contributed by atoms with E-state index in [4.69, 9.17) is 5.73 Å². The number of nitrogens with zero attached hydrogens (tertiary/aromatic N) is 1. The van der Waals surface area contributed by atoms with Gasteiger partial charge in [0.25, 0.3) is 0 Å². The van der Waals surface area contributed by atoms with Crippen molar-refractivity contribution in [2.45, 2.75) is 6.42 Å². The molecule has 1 aromatic carbocycles. The van der Waals surface area contributed by atoms with E-state index in [0.717, 1.165) is 21.3 Å². The van der Waals surface area contributed by atoms with E-state index >= 15 is 0 Å². The van der Waals surface area contributed by atoms with Crippen molar-refractivity contribution in [3.8, 4) is 0 Å². The van der Waals surface area contributed by atoms with Crippen LogP contribution >= 0.6 is 22.7 Å². The van der Waals surface area contributed by atoms with Crippen LogP contribution in [0.2, 0.25) is 0 Å².